The second-order valence-electron chi connectivity index (χ2n) is 2.65. The molecule has 0 fully saturated rings. The van der Waals surface area contributed by atoms with Gasteiger partial charge in [0.05, 0.1) is 5.69 Å². The average Bonchev–Trinajstić information content (AvgIpc) is 2.03. The van der Waals surface area contributed by atoms with Crippen LogP contribution >= 0.6 is 11.6 Å². The molecule has 0 aliphatic heterocycles. The molecule has 0 amide bonds. The molecule has 0 saturated heterocycles. The molecule has 4 heteroatoms. The second-order valence-corrected chi connectivity index (χ2v) is 3.40. The molecule has 0 radical (unpaired) electrons. The highest BCUT2D eigenvalue weighted by molar-refractivity contribution is 6.20. The normalized spacial score (nSPS) is 12.6. The summed E-state index contributed by atoms with van der Waals surface area (Å²) < 4.78 is 0. The van der Waals surface area contributed by atoms with Crippen LogP contribution in [-0.4, -0.2) is 21.9 Å². The molecule has 66 valence electrons. The Hall–Kier alpha value is -0.830. The molecule has 1 heterocycles. The van der Waals surface area contributed by atoms with Crippen LogP contribution in [0.3, 0.4) is 0 Å². The van der Waals surface area contributed by atoms with Crippen LogP contribution in [0, 0.1) is 6.92 Å². The van der Waals surface area contributed by atoms with E-state index in [1.807, 2.05) is 13.8 Å². The summed E-state index contributed by atoms with van der Waals surface area (Å²) in [5, 5.41) is 3.21. The molecule has 1 aromatic rings. The van der Waals surface area contributed by atoms with Crippen molar-refractivity contribution in [2.24, 2.45) is 0 Å². The van der Waals surface area contributed by atoms with E-state index in [1.54, 1.807) is 12.4 Å². The first kappa shape index (κ1) is 9.26. The van der Waals surface area contributed by atoms with Crippen molar-refractivity contribution in [2.45, 2.75) is 19.2 Å². The first-order chi connectivity index (χ1) is 5.70. The van der Waals surface area contributed by atoms with Crippen LogP contribution in [0.1, 0.15) is 12.6 Å². The van der Waals surface area contributed by atoms with Gasteiger partial charge in [-0.05, 0) is 13.8 Å². The fourth-order valence-corrected chi connectivity index (χ4v) is 0.896. The van der Waals surface area contributed by atoms with Gasteiger partial charge in [-0.1, -0.05) is 0 Å². The summed E-state index contributed by atoms with van der Waals surface area (Å²) in [6.07, 6.45) is 3.33. The number of hydrogen-bond donors (Lipinski definition) is 1. The number of aryl methyl sites for hydroxylation is 1. The van der Waals surface area contributed by atoms with Crippen molar-refractivity contribution >= 4 is 17.4 Å². The van der Waals surface area contributed by atoms with Gasteiger partial charge in [0, 0.05) is 24.3 Å². The number of nitrogens with zero attached hydrogens (tertiary/aromatic N) is 2. The fourth-order valence-electron chi connectivity index (χ4n) is 0.818. The third kappa shape index (κ3) is 2.66. The van der Waals surface area contributed by atoms with Crippen molar-refractivity contribution in [2.75, 3.05) is 11.9 Å². The zero-order valence-electron chi connectivity index (χ0n) is 7.21. The number of halogens is 1. The summed E-state index contributed by atoms with van der Waals surface area (Å²) in [6.45, 7) is 4.55. The minimum absolute atomic E-state index is 0.103. The van der Waals surface area contributed by atoms with E-state index in [2.05, 4.69) is 15.3 Å². The lowest BCUT2D eigenvalue weighted by Gasteiger charge is -2.07. The molecule has 1 atom stereocenters. The van der Waals surface area contributed by atoms with E-state index < -0.39 is 0 Å². The van der Waals surface area contributed by atoms with E-state index in [9.17, 15) is 0 Å². The molecule has 12 heavy (non-hydrogen) atoms. The summed E-state index contributed by atoms with van der Waals surface area (Å²) >= 11 is 5.77. The van der Waals surface area contributed by atoms with Crippen LogP contribution in [0.5, 0.6) is 0 Å². The molecule has 0 aromatic carbocycles. The van der Waals surface area contributed by atoms with Crippen molar-refractivity contribution < 1.29 is 0 Å². The van der Waals surface area contributed by atoms with Crippen LogP contribution in [0.25, 0.3) is 0 Å². The Labute approximate surface area is 77.2 Å². The van der Waals surface area contributed by atoms with Crippen molar-refractivity contribution in [3.63, 3.8) is 0 Å². The lowest BCUT2D eigenvalue weighted by molar-refractivity contribution is 0.964. The van der Waals surface area contributed by atoms with Crippen molar-refractivity contribution in [3.8, 4) is 0 Å². The lowest BCUT2D eigenvalue weighted by Crippen LogP contribution is -2.12. The zero-order chi connectivity index (χ0) is 8.97. The van der Waals surface area contributed by atoms with Crippen molar-refractivity contribution in [1.29, 1.82) is 0 Å². The summed E-state index contributed by atoms with van der Waals surface area (Å²) in [5.74, 6) is 0.810. The number of nitrogens with one attached hydrogen (secondary N) is 1. The first-order valence-electron chi connectivity index (χ1n) is 3.85. The Kier molecular flexibility index (Phi) is 3.29. The molecule has 0 aliphatic rings. The van der Waals surface area contributed by atoms with Gasteiger partial charge in [-0.3, -0.25) is 4.98 Å². The molecule has 0 bridgehead atoms. The van der Waals surface area contributed by atoms with E-state index in [4.69, 9.17) is 11.6 Å². The van der Waals surface area contributed by atoms with Crippen LogP contribution in [0.15, 0.2) is 12.4 Å². The molecular formula is C8H12ClN3. The van der Waals surface area contributed by atoms with E-state index in [-0.39, 0.29) is 5.38 Å². The Morgan fingerprint density at radius 3 is 2.75 bits per heavy atom. The predicted octanol–water partition coefficient (Wildman–Crippen LogP) is 1.82. The maximum Gasteiger partial charge on any atom is 0.147 e. The van der Waals surface area contributed by atoms with Crippen molar-refractivity contribution in [3.05, 3.63) is 18.1 Å². The lowest BCUT2D eigenvalue weighted by atomic mass is 10.4. The van der Waals surface area contributed by atoms with Gasteiger partial charge >= 0.3 is 0 Å². The Balaban J connectivity index is 2.57. The molecule has 1 unspecified atom stereocenters. The maximum atomic E-state index is 5.77. The number of hydrogen-bond acceptors (Lipinski definition) is 3. The van der Waals surface area contributed by atoms with Gasteiger partial charge in [-0.15, -0.1) is 11.6 Å². The summed E-state index contributed by atoms with van der Waals surface area (Å²) in [7, 11) is 0. The van der Waals surface area contributed by atoms with E-state index in [1.165, 1.54) is 0 Å². The number of anilines is 1. The Bertz CT molecular complexity index is 250. The maximum absolute atomic E-state index is 5.77. The van der Waals surface area contributed by atoms with E-state index >= 15 is 0 Å². The van der Waals surface area contributed by atoms with Crippen LogP contribution in [0.4, 0.5) is 5.82 Å². The molecule has 1 N–H and O–H groups in total. The first-order valence-corrected chi connectivity index (χ1v) is 4.29. The molecule has 1 rings (SSSR count). The summed E-state index contributed by atoms with van der Waals surface area (Å²) in [5.41, 5.74) is 0.898. The highest BCUT2D eigenvalue weighted by Crippen LogP contribution is 2.06. The molecule has 0 saturated carbocycles. The Morgan fingerprint density at radius 2 is 2.17 bits per heavy atom. The Morgan fingerprint density at radius 1 is 1.50 bits per heavy atom. The average molecular weight is 186 g/mol. The van der Waals surface area contributed by atoms with Gasteiger partial charge in [0.15, 0.2) is 0 Å². The topological polar surface area (TPSA) is 37.8 Å². The third-order valence-electron chi connectivity index (χ3n) is 1.43. The molecule has 3 nitrogen and oxygen atoms in total. The van der Waals surface area contributed by atoms with Crippen molar-refractivity contribution in [1.82, 2.24) is 9.97 Å². The number of alkyl halides is 1. The van der Waals surface area contributed by atoms with E-state index in [0.29, 0.717) is 6.54 Å². The number of aromatic nitrogens is 2. The SMILES string of the molecule is Cc1nccnc1NCC(C)Cl. The smallest absolute Gasteiger partial charge is 0.147 e. The largest absolute Gasteiger partial charge is 0.367 e. The third-order valence-corrected chi connectivity index (χ3v) is 1.59. The van der Waals surface area contributed by atoms with Crippen LogP contribution in [-0.2, 0) is 0 Å². The minimum Gasteiger partial charge on any atom is -0.367 e. The van der Waals surface area contributed by atoms with Gasteiger partial charge in [0.2, 0.25) is 0 Å². The fraction of sp³-hybridized carbons (Fsp3) is 0.500. The predicted molar refractivity (Wildman–Crippen MR) is 50.6 cm³/mol. The highest BCUT2D eigenvalue weighted by Gasteiger charge is 2.00. The molecule has 0 aliphatic carbocycles. The minimum atomic E-state index is 0.103. The van der Waals surface area contributed by atoms with Crippen LogP contribution in [0.2, 0.25) is 0 Å². The molecule has 0 spiro atoms. The standard InChI is InChI=1S/C8H12ClN3/c1-6(9)5-12-8-7(2)10-3-4-11-8/h3-4,6H,5H2,1-2H3,(H,11,12). The number of rotatable bonds is 3. The zero-order valence-corrected chi connectivity index (χ0v) is 7.97. The van der Waals surface area contributed by atoms with Crippen LogP contribution < -0.4 is 5.32 Å². The van der Waals surface area contributed by atoms with Gasteiger partial charge < -0.3 is 5.32 Å². The monoisotopic (exact) mass is 185 g/mol. The summed E-state index contributed by atoms with van der Waals surface area (Å²) in [6, 6.07) is 0. The molecular weight excluding hydrogens is 174 g/mol. The highest BCUT2D eigenvalue weighted by atomic mass is 35.5. The van der Waals surface area contributed by atoms with Gasteiger partial charge in [-0.2, -0.15) is 0 Å². The van der Waals surface area contributed by atoms with Gasteiger partial charge in [-0.25, -0.2) is 4.98 Å². The van der Waals surface area contributed by atoms with E-state index in [0.717, 1.165) is 11.5 Å². The molecule has 1 aromatic heterocycles. The van der Waals surface area contributed by atoms with Gasteiger partial charge in [0.1, 0.15) is 5.82 Å². The van der Waals surface area contributed by atoms with Gasteiger partial charge in [0.25, 0.3) is 0 Å². The summed E-state index contributed by atoms with van der Waals surface area (Å²) in [4.78, 5) is 8.21. The quantitative estimate of drug-likeness (QED) is 0.731. The second kappa shape index (κ2) is 4.26.